The predicted molar refractivity (Wildman–Crippen MR) is 146 cm³/mol. The van der Waals surface area contributed by atoms with E-state index in [4.69, 9.17) is 5.73 Å². The summed E-state index contributed by atoms with van der Waals surface area (Å²) in [7, 11) is 3.38. The zero-order chi connectivity index (χ0) is 27.7. The van der Waals surface area contributed by atoms with E-state index in [1.54, 1.807) is 37.1 Å². The van der Waals surface area contributed by atoms with Gasteiger partial charge in [0.2, 0.25) is 11.8 Å². The minimum Gasteiger partial charge on any atom is -0.384 e. The second-order valence-corrected chi connectivity index (χ2v) is 10.3. The van der Waals surface area contributed by atoms with Crippen molar-refractivity contribution in [2.45, 2.75) is 58.9 Å². The van der Waals surface area contributed by atoms with Gasteiger partial charge in [0.1, 0.15) is 17.7 Å². The van der Waals surface area contributed by atoms with Gasteiger partial charge in [-0.1, -0.05) is 30.7 Å². The highest BCUT2D eigenvalue weighted by Crippen LogP contribution is 2.36. The van der Waals surface area contributed by atoms with E-state index in [2.05, 4.69) is 22.2 Å². The fraction of sp³-hybridized carbons (Fsp3) is 0.414. The number of likely N-dealkylation sites (tertiary alicyclic amines) is 1. The van der Waals surface area contributed by atoms with Crippen LogP contribution in [-0.2, 0) is 27.9 Å². The quantitative estimate of drug-likeness (QED) is 0.459. The molecule has 3 amide bonds. The minimum absolute atomic E-state index is 0.0533. The SMILES string of the molecule is CC[C@@H](CC(=O)N1C(=O)[C@H](Cc2cc(C)nc(N)c2)[C@H]1C(=O)N(C)c1ccnn1C)c1cc(C)ccc1C. The van der Waals surface area contributed by atoms with Crippen molar-refractivity contribution in [3.8, 4) is 0 Å². The number of hydrogen-bond donors (Lipinski definition) is 1. The van der Waals surface area contributed by atoms with E-state index in [0.29, 0.717) is 18.1 Å². The summed E-state index contributed by atoms with van der Waals surface area (Å²) < 4.78 is 1.58. The Morgan fingerprint density at radius 1 is 1.13 bits per heavy atom. The van der Waals surface area contributed by atoms with Crippen LogP contribution in [0.2, 0.25) is 0 Å². The lowest BCUT2D eigenvalue weighted by molar-refractivity contribution is -0.170. The average molecular weight is 517 g/mol. The number of imide groups is 1. The highest BCUT2D eigenvalue weighted by Gasteiger charge is 2.55. The average Bonchev–Trinajstić information content (AvgIpc) is 3.29. The molecule has 2 aromatic heterocycles. The second kappa shape index (κ2) is 10.8. The maximum Gasteiger partial charge on any atom is 0.252 e. The van der Waals surface area contributed by atoms with Gasteiger partial charge in [-0.3, -0.25) is 28.9 Å². The Morgan fingerprint density at radius 2 is 1.87 bits per heavy atom. The Kier molecular flexibility index (Phi) is 7.66. The van der Waals surface area contributed by atoms with Crippen LogP contribution >= 0.6 is 0 Å². The van der Waals surface area contributed by atoms with E-state index < -0.39 is 12.0 Å². The third kappa shape index (κ3) is 5.18. The number of amides is 3. The van der Waals surface area contributed by atoms with E-state index in [1.807, 2.05) is 39.8 Å². The summed E-state index contributed by atoms with van der Waals surface area (Å²) in [5, 5.41) is 4.15. The molecule has 0 spiro atoms. The number of pyridine rings is 1. The van der Waals surface area contributed by atoms with Gasteiger partial charge in [-0.05, 0) is 68.4 Å². The zero-order valence-electron chi connectivity index (χ0n) is 22.9. The summed E-state index contributed by atoms with van der Waals surface area (Å²) in [5.74, 6) is -0.798. The van der Waals surface area contributed by atoms with Crippen LogP contribution in [0.4, 0.5) is 11.6 Å². The number of nitrogens with two attached hydrogens (primary N) is 1. The molecule has 0 bridgehead atoms. The molecule has 2 N–H and O–H groups in total. The first-order valence-electron chi connectivity index (χ1n) is 12.9. The largest absolute Gasteiger partial charge is 0.384 e. The lowest BCUT2D eigenvalue weighted by atomic mass is 9.80. The summed E-state index contributed by atoms with van der Waals surface area (Å²) in [6, 6.07) is 10.6. The molecule has 38 heavy (non-hydrogen) atoms. The number of rotatable bonds is 8. The number of aryl methyl sites for hydroxylation is 4. The zero-order valence-corrected chi connectivity index (χ0v) is 22.9. The lowest BCUT2D eigenvalue weighted by Gasteiger charge is -2.46. The topological polar surface area (TPSA) is 114 Å². The van der Waals surface area contributed by atoms with Gasteiger partial charge in [-0.25, -0.2) is 4.98 Å². The van der Waals surface area contributed by atoms with Gasteiger partial charge >= 0.3 is 0 Å². The molecule has 0 radical (unpaired) electrons. The Labute approximate surface area is 223 Å². The Bertz CT molecular complexity index is 1360. The van der Waals surface area contributed by atoms with Crippen LogP contribution in [0.25, 0.3) is 0 Å². The molecule has 1 aliphatic heterocycles. The fourth-order valence-corrected chi connectivity index (χ4v) is 5.44. The van der Waals surface area contributed by atoms with Crippen molar-refractivity contribution >= 4 is 29.4 Å². The van der Waals surface area contributed by atoms with Gasteiger partial charge in [0.15, 0.2) is 0 Å². The molecule has 9 nitrogen and oxygen atoms in total. The number of likely N-dealkylation sites (N-methyl/N-ethyl adjacent to an activating group) is 1. The molecule has 200 valence electrons. The van der Waals surface area contributed by atoms with E-state index >= 15 is 0 Å². The maximum atomic E-state index is 13.8. The number of nitrogen functional groups attached to an aromatic ring is 1. The normalized spacial score (nSPS) is 17.7. The van der Waals surface area contributed by atoms with Gasteiger partial charge in [0, 0.05) is 32.3 Å². The number of aromatic nitrogens is 3. The molecule has 0 saturated carbocycles. The molecule has 1 aliphatic rings. The van der Waals surface area contributed by atoms with E-state index in [0.717, 1.165) is 34.4 Å². The first kappa shape index (κ1) is 27.0. The first-order valence-corrected chi connectivity index (χ1v) is 12.9. The third-order valence-corrected chi connectivity index (χ3v) is 7.48. The molecule has 4 rings (SSSR count). The number of carbonyl (C=O) groups excluding carboxylic acids is 3. The van der Waals surface area contributed by atoms with Crippen LogP contribution in [-0.4, -0.2) is 50.5 Å². The highest BCUT2D eigenvalue weighted by molar-refractivity contribution is 6.12. The van der Waals surface area contributed by atoms with Gasteiger partial charge in [0.05, 0.1) is 12.1 Å². The van der Waals surface area contributed by atoms with Crippen molar-refractivity contribution in [2.75, 3.05) is 17.7 Å². The summed E-state index contributed by atoms with van der Waals surface area (Å²) in [4.78, 5) is 47.8. The van der Waals surface area contributed by atoms with Gasteiger partial charge in [-0.2, -0.15) is 5.10 Å². The number of carbonyl (C=O) groups is 3. The van der Waals surface area contributed by atoms with Crippen LogP contribution in [0, 0.1) is 26.7 Å². The summed E-state index contributed by atoms with van der Waals surface area (Å²) in [6.07, 6.45) is 2.79. The van der Waals surface area contributed by atoms with Gasteiger partial charge in [-0.15, -0.1) is 0 Å². The first-order chi connectivity index (χ1) is 18.0. The molecule has 1 saturated heterocycles. The van der Waals surface area contributed by atoms with Crippen molar-refractivity contribution in [1.82, 2.24) is 19.7 Å². The van der Waals surface area contributed by atoms with Crippen LogP contribution in [0.15, 0.2) is 42.6 Å². The van der Waals surface area contributed by atoms with Crippen molar-refractivity contribution in [3.05, 3.63) is 70.5 Å². The van der Waals surface area contributed by atoms with Crippen LogP contribution in [0.1, 0.15) is 53.6 Å². The fourth-order valence-electron chi connectivity index (χ4n) is 5.44. The van der Waals surface area contributed by atoms with Crippen molar-refractivity contribution < 1.29 is 14.4 Å². The number of hydrogen-bond acceptors (Lipinski definition) is 6. The lowest BCUT2D eigenvalue weighted by Crippen LogP contribution is -2.69. The van der Waals surface area contributed by atoms with Gasteiger partial charge in [0.25, 0.3) is 5.91 Å². The number of benzene rings is 1. The van der Waals surface area contributed by atoms with E-state index in [1.165, 1.54) is 9.80 Å². The van der Waals surface area contributed by atoms with E-state index in [9.17, 15) is 14.4 Å². The smallest absolute Gasteiger partial charge is 0.252 e. The number of anilines is 2. The molecule has 9 heteroatoms. The number of nitrogens with zero attached hydrogens (tertiary/aromatic N) is 5. The predicted octanol–water partition coefficient (Wildman–Crippen LogP) is 3.47. The summed E-state index contributed by atoms with van der Waals surface area (Å²) in [6.45, 7) is 7.92. The summed E-state index contributed by atoms with van der Waals surface area (Å²) in [5.41, 5.74) is 10.8. The third-order valence-electron chi connectivity index (χ3n) is 7.48. The van der Waals surface area contributed by atoms with Crippen LogP contribution in [0.3, 0.4) is 0 Å². The minimum atomic E-state index is -0.916. The highest BCUT2D eigenvalue weighted by atomic mass is 16.2. The molecule has 1 aromatic carbocycles. The molecular formula is C29H36N6O3. The Hall–Kier alpha value is -4.01. The molecule has 3 aromatic rings. The summed E-state index contributed by atoms with van der Waals surface area (Å²) >= 11 is 0. The van der Waals surface area contributed by atoms with Crippen molar-refractivity contribution in [3.63, 3.8) is 0 Å². The van der Waals surface area contributed by atoms with Crippen molar-refractivity contribution in [2.24, 2.45) is 13.0 Å². The monoisotopic (exact) mass is 516 g/mol. The van der Waals surface area contributed by atoms with E-state index in [-0.39, 0.29) is 30.1 Å². The number of β-lactam (4-membered cyclic amide) rings is 1. The Balaban J connectivity index is 1.63. The standard InChI is InChI=1S/C29H36N6O3/c1-7-21(22-12-17(2)8-9-18(22)3)16-26(36)35-27(29(38)33(5)25-10-11-31-34(25)6)23(28(35)37)14-20-13-19(4)32-24(30)15-20/h8-13,15,21,23,27H,7,14,16H2,1-6H3,(H2,30,32)/t21-,23+,27-/m0/s1. The molecule has 3 atom stereocenters. The van der Waals surface area contributed by atoms with Crippen LogP contribution in [0.5, 0.6) is 0 Å². The molecule has 0 aliphatic carbocycles. The van der Waals surface area contributed by atoms with Crippen LogP contribution < -0.4 is 10.6 Å². The maximum absolute atomic E-state index is 13.8. The molecular weight excluding hydrogens is 480 g/mol. The molecule has 1 fully saturated rings. The second-order valence-electron chi connectivity index (χ2n) is 10.3. The molecule has 0 unspecified atom stereocenters. The van der Waals surface area contributed by atoms with Crippen molar-refractivity contribution in [1.29, 1.82) is 0 Å². The molecule has 3 heterocycles. The van der Waals surface area contributed by atoms with Gasteiger partial charge < -0.3 is 5.73 Å². The Morgan fingerprint density at radius 3 is 2.50 bits per heavy atom.